The molecular formula is C15H22F2N2O. The molecule has 0 radical (unpaired) electrons. The van der Waals surface area contributed by atoms with Crippen LogP contribution in [0.1, 0.15) is 23.6 Å². The number of rotatable bonds is 5. The average Bonchev–Trinajstić information content (AvgIpc) is 2.46. The van der Waals surface area contributed by atoms with E-state index >= 15 is 0 Å². The van der Waals surface area contributed by atoms with Crippen molar-refractivity contribution in [2.45, 2.75) is 25.8 Å². The number of halogens is 2. The van der Waals surface area contributed by atoms with Crippen LogP contribution in [0.2, 0.25) is 0 Å². The van der Waals surface area contributed by atoms with Crippen LogP contribution in [0.15, 0.2) is 18.2 Å². The van der Waals surface area contributed by atoms with Crippen LogP contribution in [0.4, 0.5) is 8.78 Å². The van der Waals surface area contributed by atoms with Gasteiger partial charge in [0.05, 0.1) is 7.11 Å². The minimum absolute atomic E-state index is 0.133. The van der Waals surface area contributed by atoms with Gasteiger partial charge in [-0.2, -0.15) is 0 Å². The highest BCUT2D eigenvalue weighted by atomic mass is 19.3. The number of benzene rings is 1. The molecule has 1 aliphatic rings. The van der Waals surface area contributed by atoms with Crippen LogP contribution in [0.5, 0.6) is 5.75 Å². The van der Waals surface area contributed by atoms with E-state index in [2.05, 4.69) is 10.2 Å². The summed E-state index contributed by atoms with van der Waals surface area (Å²) >= 11 is 0. The van der Waals surface area contributed by atoms with E-state index in [9.17, 15) is 8.78 Å². The van der Waals surface area contributed by atoms with Gasteiger partial charge < -0.3 is 10.1 Å². The minimum Gasteiger partial charge on any atom is -0.496 e. The topological polar surface area (TPSA) is 24.5 Å². The molecule has 1 heterocycles. The summed E-state index contributed by atoms with van der Waals surface area (Å²) in [5, 5.41) is 3.25. The van der Waals surface area contributed by atoms with Crippen molar-refractivity contribution in [1.29, 1.82) is 0 Å². The van der Waals surface area contributed by atoms with Gasteiger partial charge in [-0.05, 0) is 24.1 Å². The van der Waals surface area contributed by atoms with Gasteiger partial charge in [0.2, 0.25) is 6.43 Å². The molecule has 1 fully saturated rings. The SMILES string of the molecule is COc1cc([C@H](CC(F)F)N2CCNCC2)ccc1C. The Kier molecular flexibility index (Phi) is 5.31. The Balaban J connectivity index is 2.24. The summed E-state index contributed by atoms with van der Waals surface area (Å²) in [4.78, 5) is 2.13. The molecule has 1 aliphatic heterocycles. The molecule has 1 aromatic carbocycles. The number of ether oxygens (including phenoxy) is 1. The lowest BCUT2D eigenvalue weighted by Gasteiger charge is -2.35. The number of alkyl halides is 2. The normalized spacial score (nSPS) is 18.2. The van der Waals surface area contributed by atoms with Gasteiger partial charge in [0.25, 0.3) is 0 Å². The van der Waals surface area contributed by atoms with Crippen molar-refractivity contribution in [3.8, 4) is 5.75 Å². The molecule has 3 nitrogen and oxygen atoms in total. The van der Waals surface area contributed by atoms with E-state index in [0.717, 1.165) is 43.1 Å². The second-order valence-electron chi connectivity index (χ2n) is 5.16. The van der Waals surface area contributed by atoms with Gasteiger partial charge in [0, 0.05) is 38.6 Å². The third kappa shape index (κ3) is 3.67. The molecule has 0 bridgehead atoms. The predicted molar refractivity (Wildman–Crippen MR) is 75.5 cm³/mol. The van der Waals surface area contributed by atoms with Gasteiger partial charge >= 0.3 is 0 Å². The number of hydrogen-bond acceptors (Lipinski definition) is 3. The molecule has 1 atom stereocenters. The Morgan fingerprint density at radius 2 is 2.00 bits per heavy atom. The lowest BCUT2D eigenvalue weighted by molar-refractivity contribution is 0.0738. The fourth-order valence-corrected chi connectivity index (χ4v) is 2.70. The standard InChI is InChI=1S/C15H22F2N2O/c1-11-3-4-12(9-14(11)20-2)13(10-15(16)17)19-7-5-18-6-8-19/h3-4,9,13,15,18H,5-8,10H2,1-2H3/t13-/m0/s1. The lowest BCUT2D eigenvalue weighted by Crippen LogP contribution is -2.45. The molecule has 1 saturated heterocycles. The fourth-order valence-electron chi connectivity index (χ4n) is 2.70. The Labute approximate surface area is 118 Å². The molecule has 20 heavy (non-hydrogen) atoms. The van der Waals surface area contributed by atoms with E-state index in [0.29, 0.717) is 0 Å². The molecule has 0 spiro atoms. The number of piperazine rings is 1. The van der Waals surface area contributed by atoms with E-state index in [-0.39, 0.29) is 12.5 Å². The predicted octanol–water partition coefficient (Wildman–Crippen LogP) is 2.61. The first-order chi connectivity index (χ1) is 9.61. The van der Waals surface area contributed by atoms with E-state index in [1.807, 2.05) is 25.1 Å². The van der Waals surface area contributed by atoms with Gasteiger partial charge in [-0.15, -0.1) is 0 Å². The van der Waals surface area contributed by atoms with Crippen LogP contribution in [0.3, 0.4) is 0 Å². The highest BCUT2D eigenvalue weighted by molar-refractivity contribution is 5.38. The zero-order valence-corrected chi connectivity index (χ0v) is 12.0. The molecule has 0 aliphatic carbocycles. The van der Waals surface area contributed by atoms with Gasteiger partial charge in [-0.25, -0.2) is 8.78 Å². The summed E-state index contributed by atoms with van der Waals surface area (Å²) in [6.07, 6.45) is -2.44. The molecule has 5 heteroatoms. The van der Waals surface area contributed by atoms with Crippen molar-refractivity contribution in [2.75, 3.05) is 33.3 Å². The number of nitrogens with one attached hydrogen (secondary N) is 1. The van der Waals surface area contributed by atoms with Crippen LogP contribution in [-0.2, 0) is 0 Å². The molecular weight excluding hydrogens is 262 g/mol. The molecule has 1 aromatic rings. The maximum absolute atomic E-state index is 12.9. The van der Waals surface area contributed by atoms with Crippen LogP contribution >= 0.6 is 0 Å². The fraction of sp³-hybridized carbons (Fsp3) is 0.600. The van der Waals surface area contributed by atoms with Gasteiger partial charge in [-0.1, -0.05) is 12.1 Å². The first-order valence-electron chi connectivity index (χ1n) is 6.99. The zero-order valence-electron chi connectivity index (χ0n) is 12.0. The largest absolute Gasteiger partial charge is 0.496 e. The summed E-state index contributed by atoms with van der Waals surface area (Å²) in [5.74, 6) is 0.761. The summed E-state index contributed by atoms with van der Waals surface area (Å²) in [7, 11) is 1.61. The smallest absolute Gasteiger partial charge is 0.240 e. The summed E-state index contributed by atoms with van der Waals surface area (Å²) < 4.78 is 31.1. The molecule has 0 saturated carbocycles. The van der Waals surface area contributed by atoms with Crippen molar-refractivity contribution in [1.82, 2.24) is 10.2 Å². The Morgan fingerprint density at radius 1 is 1.30 bits per heavy atom. The highest BCUT2D eigenvalue weighted by Crippen LogP contribution is 2.31. The monoisotopic (exact) mass is 284 g/mol. The Bertz CT molecular complexity index is 434. The van der Waals surface area contributed by atoms with Crippen molar-refractivity contribution in [2.24, 2.45) is 0 Å². The van der Waals surface area contributed by atoms with Crippen molar-refractivity contribution in [3.63, 3.8) is 0 Å². The molecule has 2 rings (SSSR count). The molecule has 0 amide bonds. The number of aryl methyl sites for hydroxylation is 1. The van der Waals surface area contributed by atoms with Gasteiger partial charge in [0.15, 0.2) is 0 Å². The van der Waals surface area contributed by atoms with Crippen molar-refractivity contribution < 1.29 is 13.5 Å². The maximum Gasteiger partial charge on any atom is 0.240 e. The van der Waals surface area contributed by atoms with Crippen LogP contribution in [0.25, 0.3) is 0 Å². The van der Waals surface area contributed by atoms with E-state index in [1.165, 1.54) is 0 Å². The first-order valence-corrected chi connectivity index (χ1v) is 6.99. The second kappa shape index (κ2) is 6.99. The number of hydrogen-bond donors (Lipinski definition) is 1. The Morgan fingerprint density at radius 3 is 2.60 bits per heavy atom. The van der Waals surface area contributed by atoms with E-state index < -0.39 is 6.43 Å². The van der Waals surface area contributed by atoms with Crippen LogP contribution < -0.4 is 10.1 Å². The molecule has 112 valence electrons. The zero-order chi connectivity index (χ0) is 14.5. The van der Waals surface area contributed by atoms with Gasteiger partial charge in [-0.3, -0.25) is 4.90 Å². The lowest BCUT2D eigenvalue weighted by atomic mass is 9.99. The minimum atomic E-state index is -2.30. The quantitative estimate of drug-likeness (QED) is 0.899. The summed E-state index contributed by atoms with van der Waals surface area (Å²) in [6.45, 7) is 5.25. The highest BCUT2D eigenvalue weighted by Gasteiger charge is 2.25. The van der Waals surface area contributed by atoms with E-state index in [1.54, 1.807) is 7.11 Å². The summed E-state index contributed by atoms with van der Waals surface area (Å²) in [5.41, 5.74) is 1.93. The average molecular weight is 284 g/mol. The third-order valence-electron chi connectivity index (χ3n) is 3.81. The molecule has 0 unspecified atom stereocenters. The number of nitrogens with zero attached hydrogens (tertiary/aromatic N) is 1. The van der Waals surface area contributed by atoms with E-state index in [4.69, 9.17) is 4.74 Å². The molecule has 1 N–H and O–H groups in total. The number of methoxy groups -OCH3 is 1. The van der Waals surface area contributed by atoms with Crippen molar-refractivity contribution in [3.05, 3.63) is 29.3 Å². The van der Waals surface area contributed by atoms with Crippen LogP contribution in [-0.4, -0.2) is 44.6 Å². The third-order valence-corrected chi connectivity index (χ3v) is 3.81. The van der Waals surface area contributed by atoms with Gasteiger partial charge in [0.1, 0.15) is 5.75 Å². The van der Waals surface area contributed by atoms with Crippen LogP contribution in [0, 0.1) is 6.92 Å². The first kappa shape index (κ1) is 15.2. The Hall–Kier alpha value is -1.20. The molecule has 0 aromatic heterocycles. The maximum atomic E-state index is 12.9. The summed E-state index contributed by atoms with van der Waals surface area (Å²) in [6, 6.07) is 5.53. The second-order valence-corrected chi connectivity index (χ2v) is 5.16. The van der Waals surface area contributed by atoms with Crippen molar-refractivity contribution >= 4 is 0 Å².